The summed E-state index contributed by atoms with van der Waals surface area (Å²) >= 11 is 0. The number of benzene rings is 1. The second-order valence-electron chi connectivity index (χ2n) is 2.46. The molecule has 3 N–H and O–H groups in total. The number of halogens is 2. The maximum atomic E-state index is 12.8. The molecule has 0 aliphatic heterocycles. The van der Waals surface area contributed by atoms with E-state index in [9.17, 15) is 4.39 Å². The monoisotopic (exact) mass is 190 g/mol. The Balaban J connectivity index is 0.00000121. The number of hydrazine groups is 1. The van der Waals surface area contributed by atoms with Crippen molar-refractivity contribution in [2.75, 3.05) is 0 Å². The number of hydrogen-bond donors (Lipinski definition) is 2. The van der Waals surface area contributed by atoms with Crippen molar-refractivity contribution in [2.45, 2.75) is 13.5 Å². The molecule has 0 unspecified atom stereocenters. The molecule has 4 heteroatoms. The summed E-state index contributed by atoms with van der Waals surface area (Å²) in [6.45, 7) is 2.23. The number of nitrogens with one attached hydrogen (secondary N) is 1. The molecule has 0 aromatic heterocycles. The number of hydrogen-bond acceptors (Lipinski definition) is 2. The largest absolute Gasteiger partial charge is 0.271 e. The van der Waals surface area contributed by atoms with Crippen molar-refractivity contribution >= 4 is 12.4 Å². The summed E-state index contributed by atoms with van der Waals surface area (Å²) in [5, 5.41) is 0. The first-order chi connectivity index (χ1) is 5.24. The highest BCUT2D eigenvalue weighted by Gasteiger charge is 1.97. The van der Waals surface area contributed by atoms with Crippen LogP contribution in [-0.2, 0) is 6.54 Å². The van der Waals surface area contributed by atoms with Gasteiger partial charge in [0.2, 0.25) is 0 Å². The van der Waals surface area contributed by atoms with Gasteiger partial charge in [0.15, 0.2) is 0 Å². The van der Waals surface area contributed by atoms with E-state index in [1.807, 2.05) is 6.07 Å². The van der Waals surface area contributed by atoms with Crippen molar-refractivity contribution in [1.29, 1.82) is 0 Å². The lowest BCUT2D eigenvalue weighted by atomic mass is 10.1. The van der Waals surface area contributed by atoms with Gasteiger partial charge in [-0.3, -0.25) is 11.3 Å². The molecule has 0 saturated heterocycles. The van der Waals surface area contributed by atoms with Gasteiger partial charge in [0.1, 0.15) is 5.82 Å². The van der Waals surface area contributed by atoms with Crippen LogP contribution in [0.1, 0.15) is 11.1 Å². The van der Waals surface area contributed by atoms with E-state index in [1.165, 1.54) is 6.07 Å². The predicted octanol–water partition coefficient (Wildman–Crippen LogP) is 1.52. The number of aryl methyl sites for hydroxylation is 1. The zero-order valence-electron chi connectivity index (χ0n) is 6.80. The fourth-order valence-corrected chi connectivity index (χ4v) is 0.864. The van der Waals surface area contributed by atoms with Crippen LogP contribution < -0.4 is 11.3 Å². The Morgan fingerprint density at radius 3 is 2.67 bits per heavy atom. The molecule has 0 aliphatic carbocycles. The standard InChI is InChI=1S/C8H11FN2.ClH/c1-6-2-3-7(5-11-10)4-8(6)9;/h2-4,11H,5,10H2,1H3;1H. The van der Waals surface area contributed by atoms with Crippen molar-refractivity contribution < 1.29 is 4.39 Å². The van der Waals surface area contributed by atoms with Gasteiger partial charge >= 0.3 is 0 Å². The van der Waals surface area contributed by atoms with E-state index in [1.54, 1.807) is 13.0 Å². The van der Waals surface area contributed by atoms with Crippen molar-refractivity contribution in [3.63, 3.8) is 0 Å². The highest BCUT2D eigenvalue weighted by Crippen LogP contribution is 2.08. The van der Waals surface area contributed by atoms with Gasteiger partial charge in [-0.15, -0.1) is 12.4 Å². The average Bonchev–Trinajstić information content (AvgIpc) is 1.98. The molecule has 0 bridgehead atoms. The first-order valence-corrected chi connectivity index (χ1v) is 3.42. The molecule has 0 amide bonds. The minimum atomic E-state index is -0.183. The van der Waals surface area contributed by atoms with Gasteiger partial charge in [-0.25, -0.2) is 4.39 Å². The van der Waals surface area contributed by atoms with Crippen LogP contribution in [0.3, 0.4) is 0 Å². The zero-order chi connectivity index (χ0) is 8.27. The normalized spacial score (nSPS) is 9.25. The Morgan fingerprint density at radius 2 is 2.17 bits per heavy atom. The van der Waals surface area contributed by atoms with Crippen molar-refractivity contribution in [2.24, 2.45) is 5.84 Å². The van der Waals surface area contributed by atoms with E-state index in [4.69, 9.17) is 5.84 Å². The van der Waals surface area contributed by atoms with Crippen LogP contribution in [0.25, 0.3) is 0 Å². The first kappa shape index (κ1) is 11.4. The molecule has 0 radical (unpaired) electrons. The molecule has 2 nitrogen and oxygen atoms in total. The molecule has 68 valence electrons. The predicted molar refractivity (Wildman–Crippen MR) is 49.4 cm³/mol. The molecule has 0 spiro atoms. The molecule has 0 aliphatic rings. The van der Waals surface area contributed by atoms with Crippen LogP contribution in [0.2, 0.25) is 0 Å². The molecule has 12 heavy (non-hydrogen) atoms. The number of rotatable bonds is 2. The molecule has 1 aromatic carbocycles. The Hall–Kier alpha value is -0.640. The van der Waals surface area contributed by atoms with Gasteiger partial charge < -0.3 is 0 Å². The maximum Gasteiger partial charge on any atom is 0.126 e. The quantitative estimate of drug-likeness (QED) is 0.548. The Labute approximate surface area is 77.3 Å². The van der Waals surface area contributed by atoms with E-state index >= 15 is 0 Å². The SMILES string of the molecule is Cc1ccc(CNN)cc1F.Cl. The third-order valence-corrected chi connectivity index (χ3v) is 1.54. The average molecular weight is 191 g/mol. The van der Waals surface area contributed by atoms with Crippen molar-refractivity contribution in [1.82, 2.24) is 5.43 Å². The first-order valence-electron chi connectivity index (χ1n) is 3.42. The summed E-state index contributed by atoms with van der Waals surface area (Å²) in [7, 11) is 0. The lowest BCUT2D eigenvalue weighted by Gasteiger charge is -2.00. The molecule has 1 rings (SSSR count). The van der Waals surface area contributed by atoms with Gasteiger partial charge in [0.25, 0.3) is 0 Å². The molecule has 0 atom stereocenters. The minimum Gasteiger partial charge on any atom is -0.271 e. The third kappa shape index (κ3) is 2.77. The fraction of sp³-hybridized carbons (Fsp3) is 0.250. The van der Waals surface area contributed by atoms with Crippen molar-refractivity contribution in [3.8, 4) is 0 Å². The second kappa shape index (κ2) is 5.09. The van der Waals surface area contributed by atoms with Crippen LogP contribution in [0.5, 0.6) is 0 Å². The van der Waals surface area contributed by atoms with E-state index in [-0.39, 0.29) is 18.2 Å². The van der Waals surface area contributed by atoms with Crippen LogP contribution >= 0.6 is 12.4 Å². The summed E-state index contributed by atoms with van der Waals surface area (Å²) in [5.74, 6) is 4.89. The lowest BCUT2D eigenvalue weighted by Crippen LogP contribution is -2.20. The van der Waals surface area contributed by atoms with Crippen molar-refractivity contribution in [3.05, 3.63) is 35.1 Å². The summed E-state index contributed by atoms with van der Waals surface area (Å²) in [6.07, 6.45) is 0. The van der Waals surface area contributed by atoms with Crippen LogP contribution in [0, 0.1) is 12.7 Å². The minimum absolute atomic E-state index is 0. The molecule has 0 saturated carbocycles. The van der Waals surface area contributed by atoms with Gasteiger partial charge in [-0.05, 0) is 24.1 Å². The summed E-state index contributed by atoms with van der Waals surface area (Å²) < 4.78 is 12.8. The van der Waals surface area contributed by atoms with Crippen LogP contribution in [0.15, 0.2) is 18.2 Å². The molecule has 0 fully saturated rings. The topological polar surface area (TPSA) is 38.0 Å². The molecular formula is C8H12ClFN2. The summed E-state index contributed by atoms with van der Waals surface area (Å²) in [6, 6.07) is 5.06. The maximum absolute atomic E-state index is 12.8. The highest BCUT2D eigenvalue weighted by atomic mass is 35.5. The van der Waals surface area contributed by atoms with E-state index < -0.39 is 0 Å². The molecular weight excluding hydrogens is 179 g/mol. The van der Waals surface area contributed by atoms with E-state index in [0.29, 0.717) is 12.1 Å². The van der Waals surface area contributed by atoms with Crippen LogP contribution in [-0.4, -0.2) is 0 Å². The van der Waals surface area contributed by atoms with Gasteiger partial charge in [-0.2, -0.15) is 0 Å². The lowest BCUT2D eigenvalue weighted by molar-refractivity contribution is 0.613. The van der Waals surface area contributed by atoms with E-state index in [0.717, 1.165) is 5.56 Å². The molecule has 0 heterocycles. The van der Waals surface area contributed by atoms with Gasteiger partial charge in [-0.1, -0.05) is 12.1 Å². The number of nitrogens with two attached hydrogens (primary N) is 1. The Kier molecular flexibility index (Phi) is 4.81. The summed E-state index contributed by atoms with van der Waals surface area (Å²) in [5.41, 5.74) is 3.98. The zero-order valence-corrected chi connectivity index (χ0v) is 7.62. The smallest absolute Gasteiger partial charge is 0.126 e. The van der Waals surface area contributed by atoms with Gasteiger partial charge in [0, 0.05) is 6.54 Å². The summed E-state index contributed by atoms with van der Waals surface area (Å²) in [4.78, 5) is 0. The third-order valence-electron chi connectivity index (χ3n) is 1.54. The highest BCUT2D eigenvalue weighted by molar-refractivity contribution is 5.85. The van der Waals surface area contributed by atoms with E-state index in [2.05, 4.69) is 5.43 Å². The Bertz CT molecular complexity index is 253. The molecule has 1 aromatic rings. The van der Waals surface area contributed by atoms with Gasteiger partial charge in [0.05, 0.1) is 0 Å². The Morgan fingerprint density at radius 1 is 1.50 bits per heavy atom. The fourth-order valence-electron chi connectivity index (χ4n) is 0.864. The second-order valence-corrected chi connectivity index (χ2v) is 2.46. The van der Waals surface area contributed by atoms with Crippen LogP contribution in [0.4, 0.5) is 4.39 Å².